The first-order chi connectivity index (χ1) is 8.89. The molecular weight excluding hydrogens is 236 g/mol. The Kier molecular flexibility index (Phi) is 2.85. The largest absolute Gasteiger partial charge is 0.461 e. The minimum atomic E-state index is -0.151. The van der Waals surface area contributed by atoms with Crippen molar-refractivity contribution in [2.45, 2.75) is 59.8 Å². The van der Waals surface area contributed by atoms with Gasteiger partial charge in [0.15, 0.2) is 0 Å². The van der Waals surface area contributed by atoms with Crippen LogP contribution in [-0.4, -0.2) is 12.6 Å². The summed E-state index contributed by atoms with van der Waals surface area (Å²) in [5, 5.41) is 0. The molecule has 2 fully saturated rings. The molecule has 0 amide bonds. The Morgan fingerprint density at radius 1 is 1.37 bits per heavy atom. The zero-order valence-corrected chi connectivity index (χ0v) is 12.7. The summed E-state index contributed by atoms with van der Waals surface area (Å²) in [6.45, 7) is 9.46. The van der Waals surface area contributed by atoms with E-state index in [-0.39, 0.29) is 5.97 Å². The SMILES string of the molecule is CC(=O)OCC1=C2CC3CCC(C)C2(CC1)C3(C)C. The van der Waals surface area contributed by atoms with Crippen molar-refractivity contribution < 1.29 is 9.53 Å². The van der Waals surface area contributed by atoms with E-state index in [9.17, 15) is 4.79 Å². The van der Waals surface area contributed by atoms with Gasteiger partial charge in [-0.3, -0.25) is 4.79 Å². The molecule has 0 radical (unpaired) electrons. The van der Waals surface area contributed by atoms with Gasteiger partial charge in [-0.05, 0) is 60.3 Å². The standard InChI is InChI=1S/C17H26O2/c1-11-5-6-14-9-15-13(10-19-12(2)18)7-8-17(11,15)16(14,3)4/h11,14H,5-10H2,1-4H3. The van der Waals surface area contributed by atoms with Crippen LogP contribution in [0.25, 0.3) is 0 Å². The van der Waals surface area contributed by atoms with E-state index >= 15 is 0 Å². The van der Waals surface area contributed by atoms with Gasteiger partial charge in [-0.25, -0.2) is 0 Å². The molecular formula is C17H26O2. The van der Waals surface area contributed by atoms with Crippen molar-refractivity contribution in [3.63, 3.8) is 0 Å². The van der Waals surface area contributed by atoms with Crippen molar-refractivity contribution in [3.8, 4) is 0 Å². The fraction of sp³-hybridized carbons (Fsp3) is 0.824. The molecule has 0 aliphatic heterocycles. The van der Waals surface area contributed by atoms with Gasteiger partial charge < -0.3 is 4.74 Å². The van der Waals surface area contributed by atoms with E-state index in [0.717, 1.165) is 18.3 Å². The Morgan fingerprint density at radius 3 is 2.79 bits per heavy atom. The Morgan fingerprint density at radius 2 is 2.11 bits per heavy atom. The number of rotatable bonds is 2. The molecule has 0 N–H and O–H groups in total. The Balaban J connectivity index is 1.98. The number of ether oxygens (including phenoxy) is 1. The number of hydrogen-bond donors (Lipinski definition) is 0. The molecule has 106 valence electrons. The Labute approximate surface area is 116 Å². The van der Waals surface area contributed by atoms with E-state index < -0.39 is 0 Å². The molecule has 0 aromatic heterocycles. The Bertz CT molecular complexity index is 446. The molecule has 19 heavy (non-hydrogen) atoms. The van der Waals surface area contributed by atoms with Crippen LogP contribution in [0, 0.1) is 22.7 Å². The number of allylic oxidation sites excluding steroid dienone is 1. The third kappa shape index (κ3) is 1.58. The maximum atomic E-state index is 11.1. The highest BCUT2D eigenvalue weighted by molar-refractivity contribution is 5.66. The highest BCUT2D eigenvalue weighted by Crippen LogP contribution is 2.72. The lowest BCUT2D eigenvalue weighted by atomic mass is 9.53. The maximum Gasteiger partial charge on any atom is 0.302 e. The summed E-state index contributed by atoms with van der Waals surface area (Å²) in [6.07, 6.45) is 6.43. The molecule has 0 saturated heterocycles. The second kappa shape index (κ2) is 4.10. The second-order valence-corrected chi connectivity index (χ2v) is 7.43. The fourth-order valence-corrected chi connectivity index (χ4v) is 5.56. The summed E-state index contributed by atoms with van der Waals surface area (Å²) < 4.78 is 5.29. The topological polar surface area (TPSA) is 26.3 Å². The molecule has 2 nitrogen and oxygen atoms in total. The fourth-order valence-electron chi connectivity index (χ4n) is 5.56. The van der Waals surface area contributed by atoms with E-state index in [1.165, 1.54) is 38.2 Å². The molecule has 0 heterocycles. The molecule has 2 bridgehead atoms. The predicted octanol–water partition coefficient (Wildman–Crippen LogP) is 4.10. The number of carbonyl (C=O) groups excluding carboxylic acids is 1. The van der Waals surface area contributed by atoms with Crippen molar-refractivity contribution >= 4 is 5.97 Å². The number of hydrogen-bond acceptors (Lipinski definition) is 2. The second-order valence-electron chi connectivity index (χ2n) is 7.43. The number of esters is 1. The van der Waals surface area contributed by atoms with Crippen molar-refractivity contribution in [1.29, 1.82) is 0 Å². The van der Waals surface area contributed by atoms with Gasteiger partial charge in [-0.1, -0.05) is 26.3 Å². The van der Waals surface area contributed by atoms with E-state index in [1.54, 1.807) is 5.57 Å². The van der Waals surface area contributed by atoms with Crippen LogP contribution in [0.2, 0.25) is 0 Å². The minimum absolute atomic E-state index is 0.151. The molecule has 1 spiro atoms. The summed E-state index contributed by atoms with van der Waals surface area (Å²) in [6, 6.07) is 0. The van der Waals surface area contributed by atoms with Crippen LogP contribution in [0.3, 0.4) is 0 Å². The van der Waals surface area contributed by atoms with Gasteiger partial charge in [0.1, 0.15) is 6.61 Å². The molecule has 2 saturated carbocycles. The lowest BCUT2D eigenvalue weighted by Crippen LogP contribution is -2.44. The highest BCUT2D eigenvalue weighted by atomic mass is 16.5. The van der Waals surface area contributed by atoms with Crippen LogP contribution in [0.4, 0.5) is 0 Å². The van der Waals surface area contributed by atoms with Crippen molar-refractivity contribution in [2.24, 2.45) is 22.7 Å². The van der Waals surface area contributed by atoms with Gasteiger partial charge in [0.2, 0.25) is 0 Å². The molecule has 0 aromatic rings. The van der Waals surface area contributed by atoms with Crippen LogP contribution in [0.15, 0.2) is 11.1 Å². The summed E-state index contributed by atoms with van der Waals surface area (Å²) in [4.78, 5) is 11.1. The zero-order valence-electron chi connectivity index (χ0n) is 12.7. The first kappa shape index (κ1) is 13.2. The first-order valence-corrected chi connectivity index (χ1v) is 7.74. The lowest BCUT2D eigenvalue weighted by Gasteiger charge is -2.51. The van der Waals surface area contributed by atoms with Crippen LogP contribution in [0.1, 0.15) is 59.8 Å². The van der Waals surface area contributed by atoms with E-state index in [4.69, 9.17) is 4.74 Å². The summed E-state index contributed by atoms with van der Waals surface area (Å²) in [7, 11) is 0. The minimum Gasteiger partial charge on any atom is -0.461 e. The molecule has 3 aliphatic rings. The van der Waals surface area contributed by atoms with Crippen molar-refractivity contribution in [3.05, 3.63) is 11.1 Å². The summed E-state index contributed by atoms with van der Waals surface area (Å²) >= 11 is 0. The number of carbonyl (C=O) groups is 1. The molecule has 3 atom stereocenters. The average molecular weight is 262 g/mol. The van der Waals surface area contributed by atoms with Crippen LogP contribution >= 0.6 is 0 Å². The summed E-state index contributed by atoms with van der Waals surface area (Å²) in [5.74, 6) is 1.47. The Hall–Kier alpha value is -0.790. The zero-order chi connectivity index (χ0) is 13.8. The molecule has 3 unspecified atom stereocenters. The molecule has 3 aliphatic carbocycles. The number of fused-ring (bicyclic) bond motifs is 1. The monoisotopic (exact) mass is 262 g/mol. The van der Waals surface area contributed by atoms with Gasteiger partial charge in [0.05, 0.1) is 0 Å². The van der Waals surface area contributed by atoms with E-state index in [0.29, 0.717) is 17.4 Å². The van der Waals surface area contributed by atoms with Gasteiger partial charge in [0.25, 0.3) is 0 Å². The summed E-state index contributed by atoms with van der Waals surface area (Å²) in [5.41, 5.74) is 3.96. The van der Waals surface area contributed by atoms with Gasteiger partial charge >= 0.3 is 5.97 Å². The molecule has 3 rings (SSSR count). The van der Waals surface area contributed by atoms with Gasteiger partial charge in [-0.15, -0.1) is 0 Å². The average Bonchev–Trinajstić information content (AvgIpc) is 2.73. The van der Waals surface area contributed by atoms with Crippen LogP contribution in [-0.2, 0) is 9.53 Å². The lowest BCUT2D eigenvalue weighted by molar-refractivity contribution is -0.140. The maximum absolute atomic E-state index is 11.1. The van der Waals surface area contributed by atoms with Crippen molar-refractivity contribution in [1.82, 2.24) is 0 Å². The quantitative estimate of drug-likeness (QED) is 0.553. The normalized spacial score (nSPS) is 39.4. The van der Waals surface area contributed by atoms with Crippen molar-refractivity contribution in [2.75, 3.05) is 6.61 Å². The van der Waals surface area contributed by atoms with E-state index in [1.807, 2.05) is 0 Å². The van der Waals surface area contributed by atoms with Crippen LogP contribution in [0.5, 0.6) is 0 Å². The highest BCUT2D eigenvalue weighted by Gasteiger charge is 2.63. The predicted molar refractivity (Wildman–Crippen MR) is 75.6 cm³/mol. The first-order valence-electron chi connectivity index (χ1n) is 7.74. The molecule has 2 heteroatoms. The van der Waals surface area contributed by atoms with Crippen LogP contribution < -0.4 is 0 Å². The third-order valence-corrected chi connectivity index (χ3v) is 6.65. The molecule has 0 aromatic carbocycles. The van der Waals surface area contributed by atoms with Gasteiger partial charge in [0, 0.05) is 6.92 Å². The third-order valence-electron chi connectivity index (χ3n) is 6.65. The smallest absolute Gasteiger partial charge is 0.302 e. The van der Waals surface area contributed by atoms with Gasteiger partial charge in [-0.2, -0.15) is 0 Å². The van der Waals surface area contributed by atoms with E-state index in [2.05, 4.69) is 20.8 Å².